The number of hydrogen-bond acceptors (Lipinski definition) is 6. The summed E-state index contributed by atoms with van der Waals surface area (Å²) in [6.07, 6.45) is 0.481. The van der Waals surface area contributed by atoms with Gasteiger partial charge in [0.1, 0.15) is 11.5 Å². The lowest BCUT2D eigenvalue weighted by Crippen LogP contribution is -2.31. The van der Waals surface area contributed by atoms with Gasteiger partial charge in [-0.25, -0.2) is 0 Å². The molecule has 7 nitrogen and oxygen atoms in total. The monoisotopic (exact) mass is 487 g/mol. The van der Waals surface area contributed by atoms with Gasteiger partial charge < -0.3 is 24.2 Å². The molecule has 3 aromatic carbocycles. The summed E-state index contributed by atoms with van der Waals surface area (Å²) >= 11 is 0. The second-order valence-electron chi connectivity index (χ2n) is 8.57. The molecule has 0 radical (unpaired) electrons. The van der Waals surface area contributed by atoms with Gasteiger partial charge in [0.15, 0.2) is 11.5 Å². The molecule has 0 bridgehead atoms. The van der Waals surface area contributed by atoms with Crippen LogP contribution in [0.1, 0.15) is 28.3 Å². The third-order valence-corrected chi connectivity index (χ3v) is 6.37. The highest BCUT2D eigenvalue weighted by molar-refractivity contribution is 6.46. The fraction of sp³-hybridized carbons (Fsp3) is 0.241. The molecule has 1 amide bonds. The normalized spacial score (nSPS) is 16.8. The van der Waals surface area contributed by atoms with Crippen LogP contribution in [0.5, 0.6) is 17.2 Å². The second kappa shape index (κ2) is 10.6. The summed E-state index contributed by atoms with van der Waals surface area (Å²) in [5.74, 6) is 0.142. The van der Waals surface area contributed by atoms with Crippen LogP contribution in [0.2, 0.25) is 0 Å². The standard InChI is InChI=1S/C29H29NO6/c1-18-8-11-20(12-9-18)26-25(27(31)21-6-5-7-22(17-21)34-2)28(32)29(33)30(26)15-14-19-10-13-23(35-3)24(16-19)36-4/h5-13,16-17,26,31H,14-15H2,1-4H3/b27-25+. The average Bonchev–Trinajstić information content (AvgIpc) is 3.16. The topological polar surface area (TPSA) is 85.3 Å². The Kier molecular flexibility index (Phi) is 7.29. The quantitative estimate of drug-likeness (QED) is 0.282. The van der Waals surface area contributed by atoms with Gasteiger partial charge in [-0.2, -0.15) is 0 Å². The number of amides is 1. The van der Waals surface area contributed by atoms with Crippen LogP contribution in [0, 0.1) is 6.92 Å². The zero-order valence-electron chi connectivity index (χ0n) is 20.8. The van der Waals surface area contributed by atoms with E-state index in [1.54, 1.807) is 38.5 Å². The first kappa shape index (κ1) is 24.9. The summed E-state index contributed by atoms with van der Waals surface area (Å²) in [7, 11) is 4.66. The summed E-state index contributed by atoms with van der Waals surface area (Å²) in [4.78, 5) is 28.0. The van der Waals surface area contributed by atoms with Gasteiger partial charge in [0.2, 0.25) is 0 Å². The zero-order valence-corrected chi connectivity index (χ0v) is 20.8. The number of carbonyl (C=O) groups is 2. The Morgan fingerprint density at radius 3 is 2.28 bits per heavy atom. The number of ether oxygens (including phenoxy) is 3. The molecular weight excluding hydrogens is 458 g/mol. The molecule has 0 aromatic heterocycles. The van der Waals surface area contributed by atoms with Crippen molar-refractivity contribution >= 4 is 17.4 Å². The minimum Gasteiger partial charge on any atom is -0.507 e. The van der Waals surface area contributed by atoms with Gasteiger partial charge in [0.25, 0.3) is 11.7 Å². The molecule has 1 atom stereocenters. The summed E-state index contributed by atoms with van der Waals surface area (Å²) in [5, 5.41) is 11.2. The third-order valence-electron chi connectivity index (χ3n) is 6.37. The molecule has 0 saturated carbocycles. The van der Waals surface area contributed by atoms with E-state index < -0.39 is 17.7 Å². The van der Waals surface area contributed by atoms with Gasteiger partial charge in [-0.3, -0.25) is 9.59 Å². The molecule has 1 unspecified atom stereocenters. The van der Waals surface area contributed by atoms with E-state index in [1.165, 1.54) is 12.0 Å². The van der Waals surface area contributed by atoms with Crippen LogP contribution in [0.4, 0.5) is 0 Å². The fourth-order valence-corrected chi connectivity index (χ4v) is 4.42. The predicted molar refractivity (Wildman–Crippen MR) is 136 cm³/mol. The first-order chi connectivity index (χ1) is 17.4. The number of rotatable bonds is 8. The van der Waals surface area contributed by atoms with Gasteiger partial charge >= 0.3 is 0 Å². The number of nitrogens with zero attached hydrogens (tertiary/aromatic N) is 1. The minimum absolute atomic E-state index is 0.0596. The highest BCUT2D eigenvalue weighted by Crippen LogP contribution is 2.40. The maximum absolute atomic E-state index is 13.3. The van der Waals surface area contributed by atoms with Crippen LogP contribution >= 0.6 is 0 Å². The van der Waals surface area contributed by atoms with E-state index >= 15 is 0 Å². The van der Waals surface area contributed by atoms with Crippen molar-refractivity contribution in [1.29, 1.82) is 0 Å². The van der Waals surface area contributed by atoms with Crippen molar-refractivity contribution in [2.75, 3.05) is 27.9 Å². The van der Waals surface area contributed by atoms with E-state index in [2.05, 4.69) is 0 Å². The number of ketones is 1. The smallest absolute Gasteiger partial charge is 0.295 e. The molecular formula is C29H29NO6. The molecule has 0 spiro atoms. The minimum atomic E-state index is -0.725. The van der Waals surface area contributed by atoms with Crippen LogP contribution in [-0.2, 0) is 16.0 Å². The van der Waals surface area contributed by atoms with Crippen molar-refractivity contribution < 1.29 is 28.9 Å². The molecule has 4 rings (SSSR count). The van der Waals surface area contributed by atoms with Crippen LogP contribution < -0.4 is 14.2 Å². The largest absolute Gasteiger partial charge is 0.507 e. The average molecular weight is 488 g/mol. The molecule has 7 heteroatoms. The number of aryl methyl sites for hydroxylation is 1. The molecule has 1 fully saturated rings. The Balaban J connectivity index is 1.75. The van der Waals surface area contributed by atoms with E-state index in [0.717, 1.165) is 16.7 Å². The number of Topliss-reactive ketones (excluding diaryl/α,β-unsaturated/α-hetero) is 1. The van der Waals surface area contributed by atoms with Crippen molar-refractivity contribution in [3.8, 4) is 17.2 Å². The van der Waals surface area contributed by atoms with Crippen molar-refractivity contribution in [2.24, 2.45) is 0 Å². The van der Waals surface area contributed by atoms with E-state index in [1.807, 2.05) is 49.4 Å². The molecule has 1 N–H and O–H groups in total. The van der Waals surface area contributed by atoms with Gasteiger partial charge in [0.05, 0.1) is 32.9 Å². The molecule has 1 aliphatic heterocycles. The van der Waals surface area contributed by atoms with Gasteiger partial charge in [-0.05, 0) is 48.7 Å². The first-order valence-electron chi connectivity index (χ1n) is 11.6. The SMILES string of the molecule is COc1cccc(/C(O)=C2\C(=O)C(=O)N(CCc3ccc(OC)c(OC)c3)C2c2ccc(C)cc2)c1. The second-order valence-corrected chi connectivity index (χ2v) is 8.57. The number of aliphatic hydroxyl groups excluding tert-OH is 1. The number of hydrogen-bond donors (Lipinski definition) is 1. The van der Waals surface area contributed by atoms with Crippen LogP contribution in [-0.4, -0.2) is 49.6 Å². The molecule has 186 valence electrons. The van der Waals surface area contributed by atoms with Crippen LogP contribution in [0.25, 0.3) is 5.76 Å². The number of benzene rings is 3. The van der Waals surface area contributed by atoms with Crippen molar-refractivity contribution in [1.82, 2.24) is 4.90 Å². The Hall–Kier alpha value is -4.26. The fourth-order valence-electron chi connectivity index (χ4n) is 4.42. The first-order valence-corrected chi connectivity index (χ1v) is 11.6. The van der Waals surface area contributed by atoms with Gasteiger partial charge in [-0.1, -0.05) is 48.0 Å². The summed E-state index contributed by atoms with van der Waals surface area (Å²) in [6.45, 7) is 2.24. The van der Waals surface area contributed by atoms with E-state index in [9.17, 15) is 14.7 Å². The Labute approximate surface area is 210 Å². The van der Waals surface area contributed by atoms with Gasteiger partial charge in [-0.15, -0.1) is 0 Å². The van der Waals surface area contributed by atoms with E-state index in [0.29, 0.717) is 29.2 Å². The third kappa shape index (κ3) is 4.77. The summed E-state index contributed by atoms with van der Waals surface area (Å²) in [6, 6.07) is 19.2. The number of aliphatic hydroxyl groups is 1. The number of likely N-dealkylation sites (tertiary alicyclic amines) is 1. The lowest BCUT2D eigenvalue weighted by molar-refractivity contribution is -0.139. The lowest BCUT2D eigenvalue weighted by Gasteiger charge is -2.25. The summed E-state index contributed by atoms with van der Waals surface area (Å²) in [5.41, 5.74) is 3.18. The molecule has 3 aromatic rings. The molecule has 36 heavy (non-hydrogen) atoms. The molecule has 1 aliphatic rings. The van der Waals surface area contributed by atoms with Crippen molar-refractivity contribution in [2.45, 2.75) is 19.4 Å². The van der Waals surface area contributed by atoms with Crippen LogP contribution in [0.15, 0.2) is 72.3 Å². The molecule has 1 saturated heterocycles. The van der Waals surface area contributed by atoms with E-state index in [-0.39, 0.29) is 17.9 Å². The zero-order chi connectivity index (χ0) is 25.8. The maximum Gasteiger partial charge on any atom is 0.295 e. The maximum atomic E-state index is 13.3. The number of carbonyl (C=O) groups excluding carboxylic acids is 2. The highest BCUT2D eigenvalue weighted by Gasteiger charge is 2.45. The van der Waals surface area contributed by atoms with E-state index in [4.69, 9.17) is 14.2 Å². The Morgan fingerprint density at radius 1 is 0.889 bits per heavy atom. The Morgan fingerprint density at radius 2 is 1.61 bits per heavy atom. The highest BCUT2D eigenvalue weighted by atomic mass is 16.5. The number of methoxy groups -OCH3 is 3. The Bertz CT molecular complexity index is 1310. The van der Waals surface area contributed by atoms with Crippen molar-refractivity contribution in [3.63, 3.8) is 0 Å². The van der Waals surface area contributed by atoms with Gasteiger partial charge in [0, 0.05) is 12.1 Å². The van der Waals surface area contributed by atoms with Crippen molar-refractivity contribution in [3.05, 3.63) is 94.6 Å². The van der Waals surface area contributed by atoms with Crippen LogP contribution in [0.3, 0.4) is 0 Å². The molecule has 0 aliphatic carbocycles. The molecule has 1 heterocycles. The lowest BCUT2D eigenvalue weighted by atomic mass is 9.94. The predicted octanol–water partition coefficient (Wildman–Crippen LogP) is 4.69. The summed E-state index contributed by atoms with van der Waals surface area (Å²) < 4.78 is 16.0.